The molecule has 3 N–H and O–H groups in total. The summed E-state index contributed by atoms with van der Waals surface area (Å²) in [5, 5.41) is 26.5. The first-order valence-electron chi connectivity index (χ1n) is 4.64. The third-order valence-corrected chi connectivity index (χ3v) is 1.91. The second-order valence-corrected chi connectivity index (χ2v) is 3.12. The number of rotatable bonds is 4. The lowest BCUT2D eigenvalue weighted by atomic mass is 10.1. The SMILES string of the molecule is O=C(O)/C=C/c1cccc(O)c1/C=C/C(=O)O. The van der Waals surface area contributed by atoms with E-state index in [-0.39, 0.29) is 11.3 Å². The molecule has 0 radical (unpaired) electrons. The summed E-state index contributed by atoms with van der Waals surface area (Å²) in [5.41, 5.74) is 0.678. The van der Waals surface area contributed by atoms with Crippen LogP contribution in [0.3, 0.4) is 0 Å². The Morgan fingerprint density at radius 3 is 2.18 bits per heavy atom. The Bertz CT molecular complexity index is 500. The van der Waals surface area contributed by atoms with Crippen LogP contribution in [0.25, 0.3) is 12.2 Å². The van der Waals surface area contributed by atoms with Crippen LogP contribution in [-0.4, -0.2) is 27.3 Å². The van der Waals surface area contributed by atoms with Crippen LogP contribution in [0.2, 0.25) is 0 Å². The lowest BCUT2D eigenvalue weighted by Gasteiger charge is -2.03. The Morgan fingerprint density at radius 1 is 1.00 bits per heavy atom. The zero-order chi connectivity index (χ0) is 12.8. The zero-order valence-corrected chi connectivity index (χ0v) is 8.70. The standard InChI is InChI=1S/C12H10O5/c13-10-3-1-2-8(4-6-11(14)15)9(10)5-7-12(16)17/h1-7,13H,(H,14,15)(H,16,17)/b6-4+,7-5+. The van der Waals surface area contributed by atoms with Crippen molar-refractivity contribution >= 4 is 24.1 Å². The van der Waals surface area contributed by atoms with Gasteiger partial charge in [0, 0.05) is 17.7 Å². The van der Waals surface area contributed by atoms with Crippen LogP contribution >= 0.6 is 0 Å². The Balaban J connectivity index is 3.17. The van der Waals surface area contributed by atoms with E-state index in [1.807, 2.05) is 0 Å². The van der Waals surface area contributed by atoms with Crippen LogP contribution in [0, 0.1) is 0 Å². The van der Waals surface area contributed by atoms with Gasteiger partial charge in [-0.15, -0.1) is 0 Å². The average Bonchev–Trinajstić information content (AvgIpc) is 2.24. The number of aromatic hydroxyl groups is 1. The monoisotopic (exact) mass is 234 g/mol. The van der Waals surface area contributed by atoms with E-state index >= 15 is 0 Å². The molecule has 0 amide bonds. The molecule has 5 nitrogen and oxygen atoms in total. The summed E-state index contributed by atoms with van der Waals surface area (Å²) in [7, 11) is 0. The van der Waals surface area contributed by atoms with Gasteiger partial charge in [0.2, 0.25) is 0 Å². The van der Waals surface area contributed by atoms with Crippen LogP contribution in [0.1, 0.15) is 11.1 Å². The maximum absolute atomic E-state index is 10.4. The van der Waals surface area contributed by atoms with Gasteiger partial charge in [-0.05, 0) is 23.8 Å². The molecule has 88 valence electrons. The van der Waals surface area contributed by atoms with Crippen LogP contribution in [0.5, 0.6) is 5.75 Å². The molecule has 0 aliphatic rings. The van der Waals surface area contributed by atoms with Gasteiger partial charge in [-0.3, -0.25) is 0 Å². The summed E-state index contributed by atoms with van der Waals surface area (Å²) in [6.07, 6.45) is 4.27. The first-order valence-corrected chi connectivity index (χ1v) is 4.64. The lowest BCUT2D eigenvalue weighted by Crippen LogP contribution is -1.89. The molecular weight excluding hydrogens is 224 g/mol. The summed E-state index contributed by atoms with van der Waals surface area (Å²) in [6.45, 7) is 0. The average molecular weight is 234 g/mol. The van der Waals surface area contributed by atoms with Crippen LogP contribution < -0.4 is 0 Å². The number of carbonyl (C=O) groups is 2. The minimum atomic E-state index is -1.15. The van der Waals surface area contributed by atoms with Crippen molar-refractivity contribution < 1.29 is 24.9 Å². The van der Waals surface area contributed by atoms with Crippen molar-refractivity contribution in [2.45, 2.75) is 0 Å². The van der Waals surface area contributed by atoms with Crippen molar-refractivity contribution in [2.24, 2.45) is 0 Å². The number of hydrogen-bond donors (Lipinski definition) is 3. The molecule has 0 atom stereocenters. The number of carboxylic acids is 2. The normalized spacial score (nSPS) is 11.1. The van der Waals surface area contributed by atoms with Crippen LogP contribution in [0.4, 0.5) is 0 Å². The van der Waals surface area contributed by atoms with Gasteiger partial charge in [0.05, 0.1) is 0 Å². The fourth-order valence-corrected chi connectivity index (χ4v) is 1.21. The number of aliphatic carboxylic acids is 2. The molecule has 0 saturated carbocycles. The van der Waals surface area contributed by atoms with Crippen molar-refractivity contribution in [3.8, 4) is 5.75 Å². The van der Waals surface area contributed by atoms with Crippen molar-refractivity contribution in [3.05, 3.63) is 41.5 Å². The first-order chi connectivity index (χ1) is 8.00. The summed E-state index contributed by atoms with van der Waals surface area (Å²) < 4.78 is 0. The van der Waals surface area contributed by atoms with E-state index in [2.05, 4.69) is 0 Å². The first kappa shape index (κ1) is 12.5. The second kappa shape index (κ2) is 5.50. The van der Waals surface area contributed by atoms with Gasteiger partial charge < -0.3 is 15.3 Å². The number of phenols is 1. The smallest absolute Gasteiger partial charge is 0.328 e. The molecule has 0 aliphatic carbocycles. The van der Waals surface area contributed by atoms with E-state index in [4.69, 9.17) is 10.2 Å². The predicted octanol–water partition coefficient (Wildman–Crippen LogP) is 1.59. The highest BCUT2D eigenvalue weighted by molar-refractivity contribution is 5.89. The Labute approximate surface area is 96.9 Å². The predicted molar refractivity (Wildman–Crippen MR) is 61.4 cm³/mol. The molecule has 5 heteroatoms. The molecule has 0 heterocycles. The number of hydrogen-bond acceptors (Lipinski definition) is 3. The molecule has 1 aromatic rings. The second-order valence-electron chi connectivity index (χ2n) is 3.12. The maximum Gasteiger partial charge on any atom is 0.328 e. The highest BCUT2D eigenvalue weighted by Gasteiger charge is 2.03. The number of carboxylic acid groups (broad SMARTS) is 2. The summed E-state index contributed by atoms with van der Waals surface area (Å²) >= 11 is 0. The number of benzene rings is 1. The Hall–Kier alpha value is -2.56. The molecule has 0 bridgehead atoms. The van der Waals surface area contributed by atoms with E-state index in [9.17, 15) is 14.7 Å². The molecule has 0 saturated heterocycles. The molecule has 0 fully saturated rings. The zero-order valence-electron chi connectivity index (χ0n) is 8.70. The van der Waals surface area contributed by atoms with Gasteiger partial charge in [0.25, 0.3) is 0 Å². The molecule has 0 aromatic heterocycles. The molecule has 0 spiro atoms. The molecule has 17 heavy (non-hydrogen) atoms. The quantitative estimate of drug-likeness (QED) is 0.687. The van der Waals surface area contributed by atoms with E-state index < -0.39 is 11.9 Å². The highest BCUT2D eigenvalue weighted by Crippen LogP contribution is 2.23. The third-order valence-electron chi connectivity index (χ3n) is 1.91. The molecule has 0 aliphatic heterocycles. The Kier molecular flexibility index (Phi) is 4.05. The largest absolute Gasteiger partial charge is 0.507 e. The fraction of sp³-hybridized carbons (Fsp3) is 0. The van der Waals surface area contributed by atoms with E-state index in [1.165, 1.54) is 24.3 Å². The van der Waals surface area contributed by atoms with Gasteiger partial charge in [-0.25, -0.2) is 9.59 Å². The molecule has 0 unspecified atom stereocenters. The Morgan fingerprint density at radius 2 is 1.59 bits per heavy atom. The van der Waals surface area contributed by atoms with Gasteiger partial charge in [-0.1, -0.05) is 12.1 Å². The molecule has 1 rings (SSSR count). The van der Waals surface area contributed by atoms with Crippen molar-refractivity contribution in [1.29, 1.82) is 0 Å². The minimum absolute atomic E-state index is 0.116. The van der Waals surface area contributed by atoms with E-state index in [0.717, 1.165) is 12.2 Å². The number of phenolic OH excluding ortho intramolecular Hbond substituents is 1. The van der Waals surface area contributed by atoms with Gasteiger partial charge >= 0.3 is 11.9 Å². The van der Waals surface area contributed by atoms with Crippen molar-refractivity contribution in [2.75, 3.05) is 0 Å². The fourth-order valence-electron chi connectivity index (χ4n) is 1.21. The van der Waals surface area contributed by atoms with Crippen molar-refractivity contribution in [1.82, 2.24) is 0 Å². The summed E-state index contributed by atoms with van der Waals surface area (Å²) in [5.74, 6) is -2.39. The van der Waals surface area contributed by atoms with Gasteiger partial charge in [0.15, 0.2) is 0 Å². The topological polar surface area (TPSA) is 94.8 Å². The summed E-state index contributed by atoms with van der Waals surface area (Å²) in [6, 6.07) is 4.50. The minimum Gasteiger partial charge on any atom is -0.507 e. The lowest BCUT2D eigenvalue weighted by molar-refractivity contribution is -0.132. The third kappa shape index (κ3) is 3.83. The van der Waals surface area contributed by atoms with Crippen molar-refractivity contribution in [3.63, 3.8) is 0 Å². The van der Waals surface area contributed by atoms with Gasteiger partial charge in [0.1, 0.15) is 5.75 Å². The van der Waals surface area contributed by atoms with E-state index in [0.29, 0.717) is 5.56 Å². The van der Waals surface area contributed by atoms with E-state index in [1.54, 1.807) is 6.07 Å². The molecular formula is C12H10O5. The highest BCUT2D eigenvalue weighted by atomic mass is 16.4. The molecule has 1 aromatic carbocycles. The van der Waals surface area contributed by atoms with Crippen LogP contribution in [0.15, 0.2) is 30.4 Å². The van der Waals surface area contributed by atoms with Crippen LogP contribution in [-0.2, 0) is 9.59 Å². The maximum atomic E-state index is 10.4. The summed E-state index contributed by atoms with van der Waals surface area (Å²) in [4.78, 5) is 20.8. The van der Waals surface area contributed by atoms with Gasteiger partial charge in [-0.2, -0.15) is 0 Å².